The zero-order chi connectivity index (χ0) is 14.7. The second-order valence-electron chi connectivity index (χ2n) is 4.85. The summed E-state index contributed by atoms with van der Waals surface area (Å²) in [6.45, 7) is 0.540. The van der Waals surface area contributed by atoms with Gasteiger partial charge in [0.25, 0.3) is 0 Å². The van der Waals surface area contributed by atoms with Crippen molar-refractivity contribution < 1.29 is 4.74 Å². The fraction of sp³-hybridized carbons (Fsp3) is 0.176. The van der Waals surface area contributed by atoms with E-state index < -0.39 is 0 Å². The molecule has 21 heavy (non-hydrogen) atoms. The highest BCUT2D eigenvalue weighted by Crippen LogP contribution is 2.32. The SMILES string of the molecule is COc1cccc(NC(CN)c2csc3ccccc23)c1. The Hall–Kier alpha value is -2.04. The molecule has 0 bridgehead atoms. The van der Waals surface area contributed by atoms with E-state index in [1.807, 2.05) is 24.3 Å². The van der Waals surface area contributed by atoms with Gasteiger partial charge in [-0.25, -0.2) is 0 Å². The van der Waals surface area contributed by atoms with Crippen LogP contribution in [0.25, 0.3) is 10.1 Å². The first kappa shape index (κ1) is 13.9. The molecule has 0 radical (unpaired) electrons. The average molecular weight is 298 g/mol. The Morgan fingerprint density at radius 2 is 2.05 bits per heavy atom. The first-order chi connectivity index (χ1) is 10.3. The van der Waals surface area contributed by atoms with Crippen LogP contribution >= 0.6 is 11.3 Å². The second kappa shape index (κ2) is 6.16. The van der Waals surface area contributed by atoms with Crippen LogP contribution in [0.5, 0.6) is 5.75 Å². The molecule has 1 unspecified atom stereocenters. The van der Waals surface area contributed by atoms with E-state index in [4.69, 9.17) is 10.5 Å². The monoisotopic (exact) mass is 298 g/mol. The lowest BCUT2D eigenvalue weighted by atomic mass is 10.1. The maximum atomic E-state index is 5.98. The minimum absolute atomic E-state index is 0.0910. The molecule has 2 aromatic carbocycles. The molecule has 0 fully saturated rings. The smallest absolute Gasteiger partial charge is 0.120 e. The van der Waals surface area contributed by atoms with Gasteiger partial charge in [-0.2, -0.15) is 0 Å². The number of rotatable bonds is 5. The van der Waals surface area contributed by atoms with E-state index in [2.05, 4.69) is 35.0 Å². The van der Waals surface area contributed by atoms with Gasteiger partial charge in [0.05, 0.1) is 13.2 Å². The van der Waals surface area contributed by atoms with Crippen molar-refractivity contribution in [1.29, 1.82) is 0 Å². The van der Waals surface area contributed by atoms with E-state index in [0.717, 1.165) is 11.4 Å². The summed E-state index contributed by atoms with van der Waals surface area (Å²) in [6.07, 6.45) is 0. The molecule has 0 spiro atoms. The lowest BCUT2D eigenvalue weighted by Gasteiger charge is -2.18. The van der Waals surface area contributed by atoms with Crippen molar-refractivity contribution in [3.63, 3.8) is 0 Å². The van der Waals surface area contributed by atoms with Crippen LogP contribution in [-0.4, -0.2) is 13.7 Å². The molecule has 108 valence electrons. The number of nitrogens with two attached hydrogens (primary N) is 1. The molecular weight excluding hydrogens is 280 g/mol. The maximum absolute atomic E-state index is 5.98. The minimum Gasteiger partial charge on any atom is -0.497 e. The van der Waals surface area contributed by atoms with Gasteiger partial charge in [0.15, 0.2) is 0 Å². The van der Waals surface area contributed by atoms with Crippen molar-refractivity contribution in [2.75, 3.05) is 19.0 Å². The molecule has 3 N–H and O–H groups in total. The van der Waals surface area contributed by atoms with Crippen LogP contribution in [0, 0.1) is 0 Å². The fourth-order valence-electron chi connectivity index (χ4n) is 2.45. The number of methoxy groups -OCH3 is 1. The number of anilines is 1. The summed E-state index contributed by atoms with van der Waals surface area (Å²) in [6, 6.07) is 16.4. The largest absolute Gasteiger partial charge is 0.497 e. The normalized spacial score (nSPS) is 12.3. The zero-order valence-corrected chi connectivity index (χ0v) is 12.7. The number of nitrogens with one attached hydrogen (secondary N) is 1. The average Bonchev–Trinajstić information content (AvgIpc) is 2.97. The van der Waals surface area contributed by atoms with Gasteiger partial charge in [-0.05, 0) is 34.5 Å². The predicted octanol–water partition coefficient (Wildman–Crippen LogP) is 4.02. The van der Waals surface area contributed by atoms with Crippen LogP contribution in [0.3, 0.4) is 0 Å². The van der Waals surface area contributed by atoms with Gasteiger partial charge in [0, 0.05) is 23.0 Å². The molecule has 0 saturated heterocycles. The first-order valence-electron chi connectivity index (χ1n) is 6.88. The number of thiophene rings is 1. The Balaban J connectivity index is 1.91. The zero-order valence-electron chi connectivity index (χ0n) is 11.9. The number of hydrogen-bond acceptors (Lipinski definition) is 4. The maximum Gasteiger partial charge on any atom is 0.120 e. The summed E-state index contributed by atoms with van der Waals surface area (Å²) in [5, 5.41) is 6.96. The third kappa shape index (κ3) is 2.86. The van der Waals surface area contributed by atoms with Gasteiger partial charge in [-0.3, -0.25) is 0 Å². The van der Waals surface area contributed by atoms with Crippen molar-refractivity contribution >= 4 is 27.1 Å². The van der Waals surface area contributed by atoms with Gasteiger partial charge >= 0.3 is 0 Å². The van der Waals surface area contributed by atoms with Crippen LogP contribution in [0.2, 0.25) is 0 Å². The molecule has 0 aliphatic heterocycles. The highest BCUT2D eigenvalue weighted by molar-refractivity contribution is 7.17. The summed E-state index contributed by atoms with van der Waals surface area (Å²) < 4.78 is 6.55. The molecular formula is C17H18N2OS. The number of ether oxygens (including phenoxy) is 1. The summed E-state index contributed by atoms with van der Waals surface area (Å²) in [7, 11) is 1.67. The molecule has 0 amide bonds. The summed E-state index contributed by atoms with van der Waals surface area (Å²) in [5.74, 6) is 0.839. The molecule has 3 rings (SSSR count). The summed E-state index contributed by atoms with van der Waals surface area (Å²) in [5.41, 5.74) is 8.25. The number of fused-ring (bicyclic) bond motifs is 1. The summed E-state index contributed by atoms with van der Waals surface area (Å²) in [4.78, 5) is 0. The Morgan fingerprint density at radius 3 is 2.86 bits per heavy atom. The third-order valence-electron chi connectivity index (χ3n) is 3.53. The van der Waals surface area contributed by atoms with Crippen molar-refractivity contribution in [3.05, 3.63) is 59.5 Å². The van der Waals surface area contributed by atoms with E-state index in [9.17, 15) is 0 Å². The molecule has 1 heterocycles. The van der Waals surface area contributed by atoms with Crippen molar-refractivity contribution in [1.82, 2.24) is 0 Å². The Morgan fingerprint density at radius 1 is 1.19 bits per heavy atom. The molecule has 3 nitrogen and oxygen atoms in total. The van der Waals surface area contributed by atoms with Crippen LogP contribution in [0.15, 0.2) is 53.9 Å². The lowest BCUT2D eigenvalue weighted by Crippen LogP contribution is -2.20. The predicted molar refractivity (Wildman–Crippen MR) is 90.2 cm³/mol. The Bertz CT molecular complexity index is 738. The van der Waals surface area contributed by atoms with Gasteiger partial charge in [-0.1, -0.05) is 24.3 Å². The van der Waals surface area contributed by atoms with Gasteiger partial charge in [0.2, 0.25) is 0 Å². The van der Waals surface area contributed by atoms with E-state index in [1.54, 1.807) is 18.4 Å². The highest BCUT2D eigenvalue weighted by atomic mass is 32.1. The van der Waals surface area contributed by atoms with Crippen LogP contribution in [0.4, 0.5) is 5.69 Å². The lowest BCUT2D eigenvalue weighted by molar-refractivity contribution is 0.415. The molecule has 1 atom stereocenters. The van der Waals surface area contributed by atoms with Gasteiger partial charge in [-0.15, -0.1) is 11.3 Å². The van der Waals surface area contributed by atoms with Crippen molar-refractivity contribution in [2.24, 2.45) is 5.73 Å². The van der Waals surface area contributed by atoms with E-state index in [-0.39, 0.29) is 6.04 Å². The molecule has 4 heteroatoms. The van der Waals surface area contributed by atoms with Gasteiger partial charge in [0.1, 0.15) is 5.75 Å². The first-order valence-corrected chi connectivity index (χ1v) is 7.76. The minimum atomic E-state index is 0.0910. The van der Waals surface area contributed by atoms with Crippen LogP contribution in [0.1, 0.15) is 11.6 Å². The molecule has 0 aliphatic rings. The third-order valence-corrected chi connectivity index (χ3v) is 4.51. The number of benzene rings is 2. The number of hydrogen-bond donors (Lipinski definition) is 2. The van der Waals surface area contributed by atoms with Crippen LogP contribution in [-0.2, 0) is 0 Å². The topological polar surface area (TPSA) is 47.3 Å². The van der Waals surface area contributed by atoms with E-state index in [0.29, 0.717) is 6.54 Å². The van der Waals surface area contributed by atoms with Crippen molar-refractivity contribution in [2.45, 2.75) is 6.04 Å². The molecule has 1 aromatic heterocycles. The van der Waals surface area contributed by atoms with E-state index in [1.165, 1.54) is 15.6 Å². The Labute approximate surface area is 128 Å². The molecule has 0 saturated carbocycles. The quantitative estimate of drug-likeness (QED) is 0.748. The van der Waals surface area contributed by atoms with Crippen molar-refractivity contribution in [3.8, 4) is 5.75 Å². The summed E-state index contributed by atoms with van der Waals surface area (Å²) >= 11 is 1.76. The standard InChI is InChI=1S/C17H18N2OS/c1-20-13-6-4-5-12(9-13)19-16(10-18)15-11-21-17-8-3-2-7-14(15)17/h2-9,11,16,19H,10,18H2,1H3. The molecule has 0 aliphatic carbocycles. The highest BCUT2D eigenvalue weighted by Gasteiger charge is 2.14. The van der Waals surface area contributed by atoms with Gasteiger partial charge < -0.3 is 15.8 Å². The second-order valence-corrected chi connectivity index (χ2v) is 5.76. The van der Waals surface area contributed by atoms with Crippen LogP contribution < -0.4 is 15.8 Å². The fourth-order valence-corrected chi connectivity index (χ4v) is 3.46. The molecule has 3 aromatic rings. The Kier molecular flexibility index (Phi) is 4.08. The van der Waals surface area contributed by atoms with E-state index >= 15 is 0 Å².